The molecule has 0 atom stereocenters. The Balaban J connectivity index is 1.75. The summed E-state index contributed by atoms with van der Waals surface area (Å²) in [7, 11) is 0. The van der Waals surface area contributed by atoms with Crippen LogP contribution >= 0.6 is 0 Å². The first-order chi connectivity index (χ1) is 12.2. The van der Waals surface area contributed by atoms with Crippen molar-refractivity contribution >= 4 is 17.5 Å². The Labute approximate surface area is 146 Å². The van der Waals surface area contributed by atoms with E-state index in [0.717, 1.165) is 17.7 Å². The van der Waals surface area contributed by atoms with Crippen LogP contribution in [0.3, 0.4) is 0 Å². The van der Waals surface area contributed by atoms with Gasteiger partial charge in [-0.2, -0.15) is 10.1 Å². The van der Waals surface area contributed by atoms with E-state index in [4.69, 9.17) is 0 Å². The first-order valence-electron chi connectivity index (χ1n) is 8.20. The van der Waals surface area contributed by atoms with E-state index in [1.165, 1.54) is 17.8 Å². The largest absolute Gasteiger partial charge is 0.364 e. The summed E-state index contributed by atoms with van der Waals surface area (Å²) in [5.41, 5.74) is 3.88. The van der Waals surface area contributed by atoms with Crippen LogP contribution in [0.1, 0.15) is 23.6 Å². The van der Waals surface area contributed by atoms with Crippen LogP contribution in [0.4, 0.5) is 21.8 Å². The Hall–Kier alpha value is -3.02. The third-order valence-electron chi connectivity index (χ3n) is 3.95. The summed E-state index contributed by atoms with van der Waals surface area (Å²) in [6, 6.07) is 12.8. The first kappa shape index (κ1) is 16.8. The Bertz CT molecular complexity index is 866. The number of rotatable bonds is 6. The maximum absolute atomic E-state index is 13.7. The van der Waals surface area contributed by atoms with Crippen molar-refractivity contribution in [3.05, 3.63) is 71.2 Å². The topological polar surface area (TPSA) is 62.7 Å². The molecule has 25 heavy (non-hydrogen) atoms. The normalized spacial score (nSPS) is 10.5. The van der Waals surface area contributed by atoms with Gasteiger partial charge in [0.05, 0.1) is 6.20 Å². The first-order valence-corrected chi connectivity index (χ1v) is 8.20. The minimum Gasteiger partial charge on any atom is -0.364 e. The van der Waals surface area contributed by atoms with Crippen molar-refractivity contribution in [1.82, 2.24) is 15.2 Å². The average Bonchev–Trinajstić information content (AvgIpc) is 2.63. The zero-order valence-corrected chi connectivity index (χ0v) is 14.3. The lowest BCUT2D eigenvalue weighted by Crippen LogP contribution is -2.07. The number of hydrogen-bond donors (Lipinski definition) is 2. The van der Waals surface area contributed by atoms with Gasteiger partial charge in [0.25, 0.3) is 0 Å². The van der Waals surface area contributed by atoms with Gasteiger partial charge in [0.1, 0.15) is 5.82 Å². The van der Waals surface area contributed by atoms with Gasteiger partial charge in [0.15, 0.2) is 5.82 Å². The number of nitrogens with zero attached hydrogens (tertiary/aromatic N) is 3. The van der Waals surface area contributed by atoms with Gasteiger partial charge in [0, 0.05) is 17.8 Å². The minimum atomic E-state index is -0.247. The smallest absolute Gasteiger partial charge is 0.249 e. The highest BCUT2D eigenvalue weighted by molar-refractivity contribution is 5.63. The minimum absolute atomic E-state index is 0.247. The number of nitrogens with one attached hydrogen (secondary N) is 2. The summed E-state index contributed by atoms with van der Waals surface area (Å²) in [5, 5.41) is 14.3. The van der Waals surface area contributed by atoms with Crippen molar-refractivity contribution in [1.29, 1.82) is 0 Å². The SMILES string of the molecule is CCc1cccc(C)c1Nc1nncc(NCc2ccccc2F)n1. The molecular weight excluding hydrogens is 317 g/mol. The summed E-state index contributed by atoms with van der Waals surface area (Å²) in [6.45, 7) is 4.47. The van der Waals surface area contributed by atoms with Crippen molar-refractivity contribution in [3.8, 4) is 0 Å². The molecule has 6 heteroatoms. The Morgan fingerprint density at radius 3 is 2.64 bits per heavy atom. The fourth-order valence-corrected chi connectivity index (χ4v) is 2.58. The molecule has 0 aliphatic heterocycles. The second-order valence-corrected chi connectivity index (χ2v) is 5.70. The Morgan fingerprint density at radius 1 is 1.04 bits per heavy atom. The van der Waals surface area contributed by atoms with Crippen LogP contribution in [0.15, 0.2) is 48.7 Å². The van der Waals surface area contributed by atoms with Gasteiger partial charge in [-0.15, -0.1) is 5.10 Å². The highest BCUT2D eigenvalue weighted by Gasteiger charge is 2.08. The van der Waals surface area contributed by atoms with Crippen LogP contribution in [-0.4, -0.2) is 15.2 Å². The van der Waals surface area contributed by atoms with Gasteiger partial charge < -0.3 is 10.6 Å². The second kappa shape index (κ2) is 7.70. The quantitative estimate of drug-likeness (QED) is 0.704. The number of para-hydroxylation sites is 1. The molecule has 0 fully saturated rings. The van der Waals surface area contributed by atoms with Gasteiger partial charge in [-0.25, -0.2) is 4.39 Å². The Kier molecular flexibility index (Phi) is 5.18. The molecule has 3 aromatic rings. The highest BCUT2D eigenvalue weighted by atomic mass is 19.1. The van der Waals surface area contributed by atoms with E-state index >= 15 is 0 Å². The lowest BCUT2D eigenvalue weighted by molar-refractivity contribution is 0.613. The van der Waals surface area contributed by atoms with Crippen LogP contribution < -0.4 is 10.6 Å². The van der Waals surface area contributed by atoms with E-state index < -0.39 is 0 Å². The van der Waals surface area contributed by atoms with Crippen LogP contribution in [0.25, 0.3) is 0 Å². The summed E-state index contributed by atoms with van der Waals surface area (Å²) < 4.78 is 13.7. The molecule has 2 N–H and O–H groups in total. The zero-order chi connectivity index (χ0) is 17.6. The van der Waals surface area contributed by atoms with Gasteiger partial charge in [-0.05, 0) is 30.5 Å². The summed E-state index contributed by atoms with van der Waals surface area (Å²) in [4.78, 5) is 4.41. The molecule has 0 radical (unpaired) electrons. The second-order valence-electron chi connectivity index (χ2n) is 5.70. The number of hydrogen-bond acceptors (Lipinski definition) is 5. The molecule has 0 saturated heterocycles. The molecule has 0 unspecified atom stereocenters. The maximum atomic E-state index is 13.7. The predicted molar refractivity (Wildman–Crippen MR) is 97.4 cm³/mol. The molecule has 0 bridgehead atoms. The highest BCUT2D eigenvalue weighted by Crippen LogP contribution is 2.24. The molecular formula is C19H20FN5. The standard InChI is InChI=1S/C19H20FN5/c1-3-14-9-6-7-13(2)18(14)24-19-23-17(12-22-25-19)21-11-15-8-4-5-10-16(15)20/h4-10,12H,3,11H2,1-2H3,(H2,21,23,24,25). The third kappa shape index (κ3) is 4.09. The lowest BCUT2D eigenvalue weighted by atomic mass is 10.1. The third-order valence-corrected chi connectivity index (χ3v) is 3.95. The summed E-state index contributed by atoms with van der Waals surface area (Å²) in [5.74, 6) is 0.692. The molecule has 128 valence electrons. The molecule has 0 aliphatic rings. The molecule has 5 nitrogen and oxygen atoms in total. The number of aryl methyl sites for hydroxylation is 2. The van der Waals surface area contributed by atoms with Crippen LogP contribution in [0, 0.1) is 12.7 Å². The van der Waals surface area contributed by atoms with Crippen LogP contribution in [0.2, 0.25) is 0 Å². The van der Waals surface area contributed by atoms with Crippen LogP contribution in [0.5, 0.6) is 0 Å². The zero-order valence-electron chi connectivity index (χ0n) is 14.3. The molecule has 0 saturated carbocycles. The lowest BCUT2D eigenvalue weighted by Gasteiger charge is -2.13. The van der Waals surface area contributed by atoms with E-state index in [9.17, 15) is 4.39 Å². The molecule has 1 aromatic heterocycles. The van der Waals surface area contributed by atoms with Gasteiger partial charge in [-0.3, -0.25) is 0 Å². The number of benzene rings is 2. The molecule has 0 spiro atoms. The molecule has 3 rings (SSSR count). The van der Waals surface area contributed by atoms with E-state index in [0.29, 0.717) is 23.9 Å². The van der Waals surface area contributed by atoms with E-state index in [-0.39, 0.29) is 5.82 Å². The monoisotopic (exact) mass is 337 g/mol. The van der Waals surface area contributed by atoms with Crippen LogP contribution in [-0.2, 0) is 13.0 Å². The number of halogens is 1. The fourth-order valence-electron chi connectivity index (χ4n) is 2.58. The van der Waals surface area contributed by atoms with Gasteiger partial charge in [-0.1, -0.05) is 43.3 Å². The van der Waals surface area contributed by atoms with Crippen molar-refractivity contribution in [3.63, 3.8) is 0 Å². The summed E-state index contributed by atoms with van der Waals surface area (Å²) in [6.07, 6.45) is 2.42. The van der Waals surface area contributed by atoms with Crippen molar-refractivity contribution < 1.29 is 4.39 Å². The molecule has 2 aromatic carbocycles. The van der Waals surface area contributed by atoms with Gasteiger partial charge in [0.2, 0.25) is 5.95 Å². The van der Waals surface area contributed by atoms with E-state index in [1.807, 2.05) is 19.1 Å². The molecule has 1 heterocycles. The molecule has 0 amide bonds. The molecule has 0 aliphatic carbocycles. The predicted octanol–water partition coefficient (Wildman–Crippen LogP) is 4.24. The van der Waals surface area contributed by atoms with Crippen molar-refractivity contribution in [2.75, 3.05) is 10.6 Å². The van der Waals surface area contributed by atoms with E-state index in [2.05, 4.69) is 38.8 Å². The Morgan fingerprint density at radius 2 is 1.84 bits per heavy atom. The summed E-state index contributed by atoms with van der Waals surface area (Å²) >= 11 is 0. The van der Waals surface area contributed by atoms with E-state index in [1.54, 1.807) is 18.2 Å². The van der Waals surface area contributed by atoms with Gasteiger partial charge >= 0.3 is 0 Å². The van der Waals surface area contributed by atoms with Crippen molar-refractivity contribution in [2.45, 2.75) is 26.8 Å². The number of anilines is 3. The number of aromatic nitrogens is 3. The fraction of sp³-hybridized carbons (Fsp3) is 0.211. The van der Waals surface area contributed by atoms with Crippen molar-refractivity contribution in [2.24, 2.45) is 0 Å². The maximum Gasteiger partial charge on any atom is 0.249 e. The average molecular weight is 337 g/mol.